The quantitative estimate of drug-likeness (QED) is 0.541. The molecule has 0 aliphatic carbocycles. The van der Waals surface area contributed by atoms with E-state index in [2.05, 4.69) is 5.32 Å². The van der Waals surface area contributed by atoms with Crippen molar-refractivity contribution in [1.29, 1.82) is 0 Å². The maximum Gasteiger partial charge on any atom is 0.317 e. The van der Waals surface area contributed by atoms with Crippen LogP contribution in [0.1, 0.15) is 6.92 Å². The summed E-state index contributed by atoms with van der Waals surface area (Å²) < 4.78 is 5.28. The van der Waals surface area contributed by atoms with Gasteiger partial charge in [-0.3, -0.25) is 0 Å². The second kappa shape index (κ2) is 3.57. The lowest BCUT2D eigenvalue weighted by molar-refractivity contribution is -0.00318. The molecule has 1 heterocycles. The van der Waals surface area contributed by atoms with Crippen molar-refractivity contribution < 1.29 is 9.53 Å². The molecule has 1 rings (SSSR count). The summed E-state index contributed by atoms with van der Waals surface area (Å²) in [5.74, 6) is 0. The highest BCUT2D eigenvalue weighted by molar-refractivity contribution is 5.73. The molecule has 1 saturated heterocycles. The standard InChI is InChI=1S/C7H14N2O2/c1-6-5-9(3-4-11-6)7(10)8-2/h6H,3-5H2,1-2H3,(H,8,10). The fourth-order valence-corrected chi connectivity index (χ4v) is 1.16. The molecule has 0 bridgehead atoms. The Bertz CT molecular complexity index is 149. The van der Waals surface area contributed by atoms with Gasteiger partial charge in [0.05, 0.1) is 12.7 Å². The molecule has 11 heavy (non-hydrogen) atoms. The van der Waals surface area contributed by atoms with Gasteiger partial charge >= 0.3 is 6.03 Å². The van der Waals surface area contributed by atoms with Gasteiger partial charge in [0.25, 0.3) is 0 Å². The topological polar surface area (TPSA) is 41.6 Å². The number of hydrogen-bond acceptors (Lipinski definition) is 2. The highest BCUT2D eigenvalue weighted by Gasteiger charge is 2.19. The summed E-state index contributed by atoms with van der Waals surface area (Å²) >= 11 is 0. The fraction of sp³-hybridized carbons (Fsp3) is 0.857. The molecule has 4 nitrogen and oxygen atoms in total. The number of morpholine rings is 1. The third-order valence-electron chi connectivity index (χ3n) is 1.74. The Labute approximate surface area is 66.5 Å². The average Bonchev–Trinajstić information content (AvgIpc) is 2.03. The van der Waals surface area contributed by atoms with Crippen LogP contribution in [0.4, 0.5) is 4.79 Å². The Morgan fingerprint density at radius 2 is 2.45 bits per heavy atom. The van der Waals surface area contributed by atoms with Gasteiger partial charge in [-0.2, -0.15) is 0 Å². The molecule has 1 aliphatic rings. The van der Waals surface area contributed by atoms with E-state index in [1.165, 1.54) is 0 Å². The second-order valence-electron chi connectivity index (χ2n) is 2.68. The summed E-state index contributed by atoms with van der Waals surface area (Å²) in [5, 5.41) is 2.59. The van der Waals surface area contributed by atoms with Gasteiger partial charge in [-0.25, -0.2) is 4.79 Å². The minimum atomic E-state index is -0.0137. The Hall–Kier alpha value is -0.770. The van der Waals surface area contributed by atoms with Crippen LogP contribution >= 0.6 is 0 Å². The van der Waals surface area contributed by atoms with E-state index in [1.54, 1.807) is 11.9 Å². The van der Waals surface area contributed by atoms with Crippen molar-refractivity contribution in [3.05, 3.63) is 0 Å². The van der Waals surface area contributed by atoms with Crippen LogP contribution in [-0.4, -0.2) is 43.8 Å². The summed E-state index contributed by atoms with van der Waals surface area (Å²) in [7, 11) is 1.64. The van der Waals surface area contributed by atoms with Crippen LogP contribution in [0.2, 0.25) is 0 Å². The largest absolute Gasteiger partial charge is 0.375 e. The smallest absolute Gasteiger partial charge is 0.317 e. The summed E-state index contributed by atoms with van der Waals surface area (Å²) in [6, 6.07) is -0.0137. The van der Waals surface area contributed by atoms with Gasteiger partial charge in [0.15, 0.2) is 0 Å². The van der Waals surface area contributed by atoms with Crippen molar-refractivity contribution in [2.75, 3.05) is 26.7 Å². The monoisotopic (exact) mass is 158 g/mol. The van der Waals surface area contributed by atoms with E-state index in [0.29, 0.717) is 19.7 Å². The summed E-state index contributed by atoms with van der Waals surface area (Å²) in [5.41, 5.74) is 0. The lowest BCUT2D eigenvalue weighted by Gasteiger charge is -2.30. The van der Waals surface area contributed by atoms with E-state index in [1.807, 2.05) is 6.92 Å². The molecule has 2 amide bonds. The predicted molar refractivity (Wildman–Crippen MR) is 41.4 cm³/mol. The number of ether oxygens (including phenoxy) is 1. The second-order valence-corrected chi connectivity index (χ2v) is 2.68. The zero-order valence-corrected chi connectivity index (χ0v) is 6.96. The van der Waals surface area contributed by atoms with Crippen LogP contribution in [-0.2, 0) is 4.74 Å². The highest BCUT2D eigenvalue weighted by atomic mass is 16.5. The van der Waals surface area contributed by atoms with E-state index in [9.17, 15) is 4.79 Å². The van der Waals surface area contributed by atoms with E-state index in [0.717, 1.165) is 0 Å². The van der Waals surface area contributed by atoms with Crippen LogP contribution in [0.3, 0.4) is 0 Å². The van der Waals surface area contributed by atoms with Gasteiger partial charge in [0.1, 0.15) is 0 Å². The van der Waals surface area contributed by atoms with E-state index in [4.69, 9.17) is 4.74 Å². The Balaban J connectivity index is 2.39. The summed E-state index contributed by atoms with van der Waals surface area (Å²) in [6.45, 7) is 4.01. The molecule has 64 valence electrons. The number of carbonyl (C=O) groups is 1. The lowest BCUT2D eigenvalue weighted by Crippen LogP contribution is -2.47. The first-order valence-electron chi connectivity index (χ1n) is 3.82. The van der Waals surface area contributed by atoms with Crippen LogP contribution in [0.15, 0.2) is 0 Å². The number of nitrogens with zero attached hydrogens (tertiary/aromatic N) is 1. The zero-order chi connectivity index (χ0) is 8.27. The van der Waals surface area contributed by atoms with Gasteiger partial charge in [-0.15, -0.1) is 0 Å². The van der Waals surface area contributed by atoms with Crippen LogP contribution in [0, 0.1) is 0 Å². The van der Waals surface area contributed by atoms with Gasteiger partial charge in [-0.1, -0.05) is 0 Å². The molecule has 1 aliphatic heterocycles. The maximum absolute atomic E-state index is 11.1. The van der Waals surface area contributed by atoms with E-state index >= 15 is 0 Å². The number of urea groups is 1. The van der Waals surface area contributed by atoms with Gasteiger partial charge in [-0.05, 0) is 6.92 Å². The molecule has 1 N–H and O–H groups in total. The number of amides is 2. The first-order valence-corrected chi connectivity index (χ1v) is 3.82. The summed E-state index contributed by atoms with van der Waals surface area (Å²) in [4.78, 5) is 12.8. The van der Waals surface area contributed by atoms with Gasteiger partial charge in [0.2, 0.25) is 0 Å². The first-order chi connectivity index (χ1) is 5.24. The molecule has 0 radical (unpaired) electrons. The van der Waals surface area contributed by atoms with Crippen LogP contribution < -0.4 is 5.32 Å². The minimum absolute atomic E-state index is 0.0137. The Kier molecular flexibility index (Phi) is 2.70. The third-order valence-corrected chi connectivity index (χ3v) is 1.74. The van der Waals surface area contributed by atoms with Crippen molar-refractivity contribution in [3.8, 4) is 0 Å². The number of nitrogens with one attached hydrogen (secondary N) is 1. The Morgan fingerprint density at radius 1 is 1.73 bits per heavy atom. The number of hydrogen-bond donors (Lipinski definition) is 1. The third kappa shape index (κ3) is 2.08. The van der Waals surface area contributed by atoms with E-state index in [-0.39, 0.29) is 12.1 Å². The summed E-state index contributed by atoms with van der Waals surface area (Å²) in [6.07, 6.45) is 0.168. The number of rotatable bonds is 0. The first kappa shape index (κ1) is 8.33. The van der Waals surface area contributed by atoms with Crippen LogP contribution in [0.5, 0.6) is 0 Å². The molecule has 0 saturated carbocycles. The Morgan fingerprint density at radius 3 is 3.00 bits per heavy atom. The van der Waals surface area contributed by atoms with Crippen molar-refractivity contribution in [3.63, 3.8) is 0 Å². The highest BCUT2D eigenvalue weighted by Crippen LogP contribution is 2.03. The molecule has 0 aromatic rings. The molecular weight excluding hydrogens is 144 g/mol. The molecular formula is C7H14N2O2. The molecule has 0 spiro atoms. The van der Waals surface area contributed by atoms with E-state index < -0.39 is 0 Å². The van der Waals surface area contributed by atoms with Crippen LogP contribution in [0.25, 0.3) is 0 Å². The van der Waals surface area contributed by atoms with Gasteiger partial charge in [0, 0.05) is 20.1 Å². The molecule has 4 heteroatoms. The molecule has 1 unspecified atom stereocenters. The normalized spacial score (nSPS) is 24.9. The molecule has 0 aromatic carbocycles. The molecule has 1 atom stereocenters. The molecule has 0 aromatic heterocycles. The maximum atomic E-state index is 11.1. The van der Waals surface area contributed by atoms with Crippen molar-refractivity contribution in [2.45, 2.75) is 13.0 Å². The van der Waals surface area contributed by atoms with Crippen molar-refractivity contribution in [1.82, 2.24) is 10.2 Å². The fourth-order valence-electron chi connectivity index (χ4n) is 1.16. The average molecular weight is 158 g/mol. The SMILES string of the molecule is CNC(=O)N1CCOC(C)C1. The zero-order valence-electron chi connectivity index (χ0n) is 6.96. The number of carbonyl (C=O) groups excluding carboxylic acids is 1. The minimum Gasteiger partial charge on any atom is -0.375 e. The van der Waals surface area contributed by atoms with Crippen molar-refractivity contribution in [2.24, 2.45) is 0 Å². The van der Waals surface area contributed by atoms with Crippen molar-refractivity contribution >= 4 is 6.03 Å². The molecule has 1 fully saturated rings. The predicted octanol–water partition coefficient (Wildman–Crippen LogP) is 0.0465. The van der Waals surface area contributed by atoms with Gasteiger partial charge < -0.3 is 15.0 Å². The lowest BCUT2D eigenvalue weighted by atomic mass is 10.3.